The Morgan fingerprint density at radius 2 is 1.76 bits per heavy atom. The maximum absolute atomic E-state index is 12.9. The molecule has 0 aliphatic carbocycles. The van der Waals surface area contributed by atoms with E-state index >= 15 is 0 Å². The van der Waals surface area contributed by atoms with E-state index in [9.17, 15) is 15.0 Å². The van der Waals surface area contributed by atoms with Crippen molar-refractivity contribution in [3.8, 4) is 5.75 Å². The molecule has 0 unspecified atom stereocenters. The van der Waals surface area contributed by atoms with E-state index in [4.69, 9.17) is 16.3 Å². The number of hydrogen-bond acceptors (Lipinski definition) is 5. The maximum atomic E-state index is 12.9. The first kappa shape index (κ1) is 27.5. The van der Waals surface area contributed by atoms with E-state index in [1.54, 1.807) is 18.0 Å². The summed E-state index contributed by atoms with van der Waals surface area (Å²) >= 11 is 6.28. The normalized spacial score (nSPS) is 23.0. The molecule has 0 fully saturated rings. The zero-order valence-corrected chi connectivity index (χ0v) is 22.6. The van der Waals surface area contributed by atoms with Crippen LogP contribution in [-0.4, -0.2) is 54.3 Å². The average molecular weight is 527 g/mol. The Kier molecular flexibility index (Phi) is 9.52. The van der Waals surface area contributed by atoms with Crippen LogP contribution < -0.4 is 9.64 Å². The summed E-state index contributed by atoms with van der Waals surface area (Å²) in [5.74, 6) is 0.535. The lowest BCUT2D eigenvalue weighted by Crippen LogP contribution is -2.39. The molecule has 2 heterocycles. The largest absolute Gasteiger partial charge is 0.487 e. The second-order valence-electron chi connectivity index (χ2n) is 10.3. The third-order valence-corrected chi connectivity index (χ3v) is 7.73. The summed E-state index contributed by atoms with van der Waals surface area (Å²) in [6, 6.07) is 11.5. The molecule has 2 aliphatic rings. The maximum Gasteiger partial charge on any atom is 0.225 e. The number of allylic oxidation sites excluding steroid dienone is 1. The molecular weight excluding hydrogens is 488 g/mol. The van der Waals surface area contributed by atoms with Gasteiger partial charge in [0, 0.05) is 31.7 Å². The molecule has 2 aromatic rings. The fourth-order valence-electron chi connectivity index (χ4n) is 5.10. The van der Waals surface area contributed by atoms with Gasteiger partial charge in [0.1, 0.15) is 18.0 Å². The second kappa shape index (κ2) is 12.8. The fourth-order valence-corrected chi connectivity index (χ4v) is 5.29. The Bertz CT molecular complexity index is 1100. The Morgan fingerprint density at radius 3 is 2.57 bits per heavy atom. The highest BCUT2D eigenvalue weighted by molar-refractivity contribution is 6.30. The van der Waals surface area contributed by atoms with Crippen molar-refractivity contribution in [3.05, 3.63) is 70.3 Å². The Hall–Kier alpha value is -2.54. The van der Waals surface area contributed by atoms with Crippen LogP contribution in [0.2, 0.25) is 5.02 Å². The smallest absolute Gasteiger partial charge is 0.225 e. The quantitative estimate of drug-likeness (QED) is 0.498. The number of amides is 1. The first-order valence-corrected chi connectivity index (χ1v) is 13.8. The topological polar surface area (TPSA) is 73.2 Å². The molecule has 0 saturated heterocycles. The van der Waals surface area contributed by atoms with Gasteiger partial charge in [-0.3, -0.25) is 4.79 Å². The number of ether oxygens (including phenoxy) is 1. The van der Waals surface area contributed by atoms with Crippen molar-refractivity contribution < 1.29 is 19.7 Å². The lowest BCUT2D eigenvalue weighted by Gasteiger charge is -2.32. The minimum Gasteiger partial charge on any atom is -0.487 e. The molecule has 2 aliphatic heterocycles. The van der Waals surface area contributed by atoms with Gasteiger partial charge in [0.05, 0.1) is 18.7 Å². The van der Waals surface area contributed by atoms with Crippen molar-refractivity contribution in [1.82, 2.24) is 4.90 Å². The predicted molar refractivity (Wildman–Crippen MR) is 148 cm³/mol. The number of benzene rings is 2. The van der Waals surface area contributed by atoms with Crippen molar-refractivity contribution in [3.63, 3.8) is 0 Å². The molecule has 0 saturated carbocycles. The standard InChI is InChI=1S/C30H39ClN2O4/c1-32-15-7-4-2-3-5-8-16-33-17-9-6-10-23-18-26(31)13-11-24(23)21-37-28-14-12-25(19-27(28)33)30(36,22-34)20-29(32)35/h2,4,11-14,18-19,34,36H,3,5-10,15-17,20-22H2,1H3/b4-2+/t30-/m0/s1. The van der Waals surface area contributed by atoms with Crippen LogP contribution in [0, 0.1) is 0 Å². The van der Waals surface area contributed by atoms with Crippen molar-refractivity contribution >= 4 is 23.2 Å². The highest BCUT2D eigenvalue weighted by Gasteiger charge is 2.34. The minimum atomic E-state index is -1.67. The summed E-state index contributed by atoms with van der Waals surface area (Å²) in [6.07, 6.45) is 11.0. The molecule has 0 radical (unpaired) electrons. The third-order valence-electron chi connectivity index (χ3n) is 7.49. The van der Waals surface area contributed by atoms with Gasteiger partial charge in [0.2, 0.25) is 5.91 Å². The lowest BCUT2D eigenvalue weighted by molar-refractivity contribution is -0.137. The highest BCUT2D eigenvalue weighted by Crippen LogP contribution is 2.37. The van der Waals surface area contributed by atoms with Crippen LogP contribution in [0.3, 0.4) is 0 Å². The molecule has 7 heteroatoms. The molecule has 1 atom stereocenters. The molecule has 6 nitrogen and oxygen atoms in total. The van der Waals surface area contributed by atoms with E-state index in [1.807, 2.05) is 30.3 Å². The van der Waals surface area contributed by atoms with E-state index in [1.165, 1.54) is 5.56 Å². The number of aryl methyl sites for hydroxylation is 1. The molecule has 4 rings (SSSR count). The molecule has 0 spiro atoms. The summed E-state index contributed by atoms with van der Waals surface area (Å²) < 4.78 is 6.38. The zero-order chi connectivity index (χ0) is 26.3. The van der Waals surface area contributed by atoms with E-state index < -0.39 is 12.2 Å². The average Bonchev–Trinajstić information content (AvgIpc) is 2.92. The van der Waals surface area contributed by atoms with Crippen LogP contribution in [0.15, 0.2) is 48.6 Å². The summed E-state index contributed by atoms with van der Waals surface area (Å²) in [4.78, 5) is 16.9. The minimum absolute atomic E-state index is 0.183. The molecule has 0 aromatic heterocycles. The number of carbonyl (C=O) groups excluding carboxylic acids is 1. The Morgan fingerprint density at radius 1 is 0.973 bits per heavy atom. The highest BCUT2D eigenvalue weighted by atomic mass is 35.5. The number of carbonyl (C=O) groups is 1. The van der Waals surface area contributed by atoms with Gasteiger partial charge in [0.25, 0.3) is 0 Å². The van der Waals surface area contributed by atoms with E-state index in [0.717, 1.165) is 80.1 Å². The molecular formula is C30H39ClN2O4. The van der Waals surface area contributed by atoms with Crippen LogP contribution >= 0.6 is 11.6 Å². The van der Waals surface area contributed by atoms with E-state index in [2.05, 4.69) is 17.1 Å². The summed E-state index contributed by atoms with van der Waals surface area (Å²) in [5, 5.41) is 22.4. The molecule has 2 bridgehead atoms. The van der Waals surface area contributed by atoms with Gasteiger partial charge in [-0.05, 0) is 85.9 Å². The monoisotopic (exact) mass is 526 g/mol. The van der Waals surface area contributed by atoms with Gasteiger partial charge in [0.15, 0.2) is 0 Å². The van der Waals surface area contributed by atoms with Gasteiger partial charge in [-0.15, -0.1) is 0 Å². The zero-order valence-electron chi connectivity index (χ0n) is 21.8. The second-order valence-corrected chi connectivity index (χ2v) is 10.7. The number of aliphatic hydroxyl groups is 2. The Labute approximate surface area is 225 Å². The van der Waals surface area contributed by atoms with Crippen molar-refractivity contribution in [2.75, 3.05) is 38.2 Å². The molecule has 200 valence electrons. The van der Waals surface area contributed by atoms with Crippen LogP contribution in [0.5, 0.6) is 5.75 Å². The number of aliphatic hydroxyl groups excluding tert-OH is 1. The SMILES string of the molecule is CN1CC/C=C/CCCCN2CCCCc3cc(Cl)ccc3COc3ccc(cc32)[C@@](O)(CO)CC1=O. The number of halogens is 1. The van der Waals surface area contributed by atoms with Gasteiger partial charge in [-0.1, -0.05) is 35.9 Å². The van der Waals surface area contributed by atoms with Crippen LogP contribution in [0.25, 0.3) is 0 Å². The lowest BCUT2D eigenvalue weighted by atomic mass is 9.89. The van der Waals surface area contributed by atoms with Gasteiger partial charge in [-0.25, -0.2) is 0 Å². The number of nitrogens with zero attached hydrogens (tertiary/aromatic N) is 2. The fraction of sp³-hybridized carbons (Fsp3) is 0.500. The van der Waals surface area contributed by atoms with Crippen LogP contribution in [0.4, 0.5) is 5.69 Å². The number of anilines is 1. The van der Waals surface area contributed by atoms with Crippen molar-refractivity contribution in [1.29, 1.82) is 0 Å². The number of rotatable bonds is 1. The number of fused-ring (bicyclic) bond motifs is 2. The van der Waals surface area contributed by atoms with Crippen LogP contribution in [0.1, 0.15) is 61.6 Å². The molecule has 2 N–H and O–H groups in total. The van der Waals surface area contributed by atoms with Crippen molar-refractivity contribution in [2.24, 2.45) is 0 Å². The van der Waals surface area contributed by atoms with E-state index in [-0.39, 0.29) is 12.3 Å². The number of hydrogen-bond donors (Lipinski definition) is 2. The van der Waals surface area contributed by atoms with Crippen molar-refractivity contribution in [2.45, 2.75) is 63.6 Å². The molecule has 2 aromatic carbocycles. The first-order valence-electron chi connectivity index (χ1n) is 13.4. The summed E-state index contributed by atoms with van der Waals surface area (Å²) in [7, 11) is 1.74. The first-order chi connectivity index (χ1) is 17.9. The summed E-state index contributed by atoms with van der Waals surface area (Å²) in [6.45, 7) is 2.18. The summed E-state index contributed by atoms with van der Waals surface area (Å²) in [5.41, 5.74) is 2.08. The van der Waals surface area contributed by atoms with E-state index in [0.29, 0.717) is 18.7 Å². The Balaban J connectivity index is 1.72. The molecule has 37 heavy (non-hydrogen) atoms. The third kappa shape index (κ3) is 7.07. The van der Waals surface area contributed by atoms with Crippen LogP contribution in [-0.2, 0) is 23.4 Å². The molecule has 1 amide bonds. The van der Waals surface area contributed by atoms with Gasteiger partial charge >= 0.3 is 0 Å². The van der Waals surface area contributed by atoms with Gasteiger partial charge in [-0.2, -0.15) is 0 Å². The van der Waals surface area contributed by atoms with Gasteiger partial charge < -0.3 is 24.7 Å². The predicted octanol–water partition coefficient (Wildman–Crippen LogP) is 5.22.